The number of fused-ring (bicyclic) bond motifs is 13. The van der Waals surface area contributed by atoms with E-state index in [1.165, 1.54) is 84.8 Å². The van der Waals surface area contributed by atoms with Gasteiger partial charge in [0.05, 0.1) is 5.41 Å². The first-order chi connectivity index (χ1) is 30.4. The fourth-order valence-corrected chi connectivity index (χ4v) is 10.5. The van der Waals surface area contributed by atoms with Gasteiger partial charge in [-0.3, -0.25) is 0 Å². The molecule has 7 aromatic carbocycles. The molecule has 0 radical (unpaired) electrons. The van der Waals surface area contributed by atoms with Crippen LogP contribution in [0.15, 0.2) is 146 Å². The summed E-state index contributed by atoms with van der Waals surface area (Å²) in [6.45, 7) is 14.1. The molecule has 0 aliphatic heterocycles. The van der Waals surface area contributed by atoms with Crippen LogP contribution in [0.1, 0.15) is 134 Å². The Morgan fingerprint density at radius 1 is 0.373 bits per heavy atom. The number of rotatable bonds is 3. The molecule has 0 amide bonds. The quantitative estimate of drug-likeness (QED) is 0.173. The van der Waals surface area contributed by atoms with Crippen LogP contribution in [0.3, 0.4) is 0 Å². The minimum atomic E-state index is -2.77. The smallest absolute Gasteiger partial charge is 0.0726 e. The second-order valence-corrected chi connectivity index (χ2v) is 20.0. The van der Waals surface area contributed by atoms with E-state index >= 15 is 0 Å². The molecular weight excluding hydrogens is 711 g/mol. The summed E-state index contributed by atoms with van der Waals surface area (Å²) in [4.78, 5) is 2.26. The summed E-state index contributed by atoms with van der Waals surface area (Å²) in [5.74, 6) is 0. The highest BCUT2D eigenvalue weighted by Crippen LogP contribution is 2.64. The third kappa shape index (κ3) is 5.43. The van der Waals surface area contributed by atoms with Crippen molar-refractivity contribution >= 4 is 17.1 Å². The maximum atomic E-state index is 8.42. The maximum Gasteiger partial charge on any atom is 0.0726 e. The van der Waals surface area contributed by atoms with Gasteiger partial charge in [-0.05, 0) is 136 Å². The van der Waals surface area contributed by atoms with Gasteiger partial charge in [0.1, 0.15) is 0 Å². The Labute approximate surface area is 361 Å². The lowest BCUT2D eigenvalue weighted by Gasteiger charge is -2.34. The molecule has 0 N–H and O–H groups in total. The van der Waals surface area contributed by atoms with E-state index in [1.54, 1.807) is 12.1 Å². The number of benzene rings is 7. The molecular formula is C58H57N. The molecule has 1 spiro atoms. The second kappa shape index (κ2) is 12.4. The first kappa shape index (κ1) is 31.3. The Kier molecular flexibility index (Phi) is 6.59. The van der Waals surface area contributed by atoms with Gasteiger partial charge in [0.25, 0.3) is 0 Å². The fraction of sp³-hybridized carbons (Fsp3) is 0.276. The zero-order chi connectivity index (χ0) is 46.4. The first-order valence-corrected chi connectivity index (χ1v) is 21.1. The highest BCUT2D eigenvalue weighted by Gasteiger charge is 2.52. The summed E-state index contributed by atoms with van der Waals surface area (Å²) in [7, 11) is 0. The molecule has 0 atom stereocenters. The molecule has 0 unspecified atom stereocenters. The zero-order valence-corrected chi connectivity index (χ0v) is 35.8. The monoisotopic (exact) mass is 773 g/mol. The minimum absolute atomic E-state index is 0.0798. The van der Waals surface area contributed by atoms with Crippen molar-refractivity contribution in [2.24, 2.45) is 0 Å². The Bertz CT molecular complexity index is 3000. The van der Waals surface area contributed by atoms with Gasteiger partial charge in [-0.25, -0.2) is 0 Å². The van der Waals surface area contributed by atoms with Crippen molar-refractivity contribution in [3.63, 3.8) is 0 Å². The zero-order valence-electron chi connectivity index (χ0n) is 41.8. The molecule has 10 rings (SSSR count). The molecule has 0 bridgehead atoms. The van der Waals surface area contributed by atoms with Gasteiger partial charge < -0.3 is 4.90 Å². The van der Waals surface area contributed by atoms with Crippen molar-refractivity contribution in [3.05, 3.63) is 196 Å². The van der Waals surface area contributed by atoms with Crippen LogP contribution in [-0.2, 0) is 27.1 Å². The highest BCUT2D eigenvalue weighted by molar-refractivity contribution is 5.97. The number of nitrogens with zero attached hydrogens (tertiary/aromatic N) is 1. The van der Waals surface area contributed by atoms with E-state index in [-0.39, 0.29) is 21.8 Å². The standard InChI is InChI=1S/C58H57N/c1-54(2,3)36-20-24-39(25-21-36)59(40-26-30-44-42-16-12-14-18-48(42)57(10,11)50(44)34-40)41-27-31-47-43-17-13-15-19-49(43)58(53(47)35-41)51-32-37(55(4,5)6)22-28-45(51)46-29-23-38(33-52(46)58)56(7,8)9/h12-35H,1-11H3/i1D3,2D3. The summed E-state index contributed by atoms with van der Waals surface area (Å²) in [6, 6.07) is 52.6. The average molecular weight is 774 g/mol. The summed E-state index contributed by atoms with van der Waals surface area (Å²) in [5, 5.41) is 0. The van der Waals surface area contributed by atoms with Crippen molar-refractivity contribution < 1.29 is 8.22 Å². The summed E-state index contributed by atoms with van der Waals surface area (Å²) in [5.41, 5.74) is 17.3. The lowest BCUT2D eigenvalue weighted by Crippen LogP contribution is -2.27. The fourth-order valence-electron chi connectivity index (χ4n) is 10.5. The molecule has 1 heteroatoms. The Balaban J connectivity index is 1.25. The SMILES string of the molecule is [2H]C([2H])([2H])C(C)(c1ccc(N(c2ccc3c(c2)C(C)(C)c2ccccc2-3)c2ccc3c(c2)C2(c4ccccc4-3)c3cc(C(C)(C)C)ccc3-c3ccc(C(C)(C)C)cc32)cc1)C([2H])([2H])[2H]. The molecule has 0 saturated carbocycles. The molecule has 3 aliphatic rings. The summed E-state index contributed by atoms with van der Waals surface area (Å²) < 4.78 is 50.5. The largest absolute Gasteiger partial charge is 0.310 e. The minimum Gasteiger partial charge on any atom is -0.310 e. The predicted molar refractivity (Wildman–Crippen MR) is 251 cm³/mol. The Morgan fingerprint density at radius 2 is 0.763 bits per heavy atom. The van der Waals surface area contributed by atoms with Crippen LogP contribution in [0.4, 0.5) is 17.1 Å². The van der Waals surface area contributed by atoms with Gasteiger partial charge in [-0.1, -0.05) is 185 Å². The lowest BCUT2D eigenvalue weighted by molar-refractivity contribution is 0.586. The molecule has 1 nitrogen and oxygen atoms in total. The molecule has 0 fully saturated rings. The maximum absolute atomic E-state index is 8.42. The van der Waals surface area contributed by atoms with Gasteiger partial charge in [-0.2, -0.15) is 0 Å². The molecule has 59 heavy (non-hydrogen) atoms. The van der Waals surface area contributed by atoms with Crippen LogP contribution in [0.2, 0.25) is 0 Å². The normalized spacial score (nSPS) is 17.2. The molecule has 7 aromatic rings. The van der Waals surface area contributed by atoms with Gasteiger partial charge in [0.15, 0.2) is 0 Å². The van der Waals surface area contributed by atoms with Crippen molar-refractivity contribution in [2.45, 2.75) is 103 Å². The molecule has 3 aliphatic carbocycles. The van der Waals surface area contributed by atoms with Crippen molar-refractivity contribution in [1.29, 1.82) is 0 Å². The second-order valence-electron chi connectivity index (χ2n) is 20.0. The van der Waals surface area contributed by atoms with E-state index in [4.69, 9.17) is 8.22 Å². The third-order valence-electron chi connectivity index (χ3n) is 13.7. The number of hydrogen-bond donors (Lipinski definition) is 0. The van der Waals surface area contributed by atoms with E-state index in [9.17, 15) is 0 Å². The lowest BCUT2D eigenvalue weighted by atomic mass is 9.68. The van der Waals surface area contributed by atoms with E-state index in [0.717, 1.165) is 17.1 Å². The Morgan fingerprint density at radius 3 is 1.29 bits per heavy atom. The van der Waals surface area contributed by atoms with Gasteiger partial charge in [0.2, 0.25) is 0 Å². The van der Waals surface area contributed by atoms with Crippen LogP contribution in [-0.4, -0.2) is 0 Å². The van der Waals surface area contributed by atoms with Gasteiger partial charge in [-0.15, -0.1) is 0 Å². The summed E-state index contributed by atoms with van der Waals surface area (Å²) >= 11 is 0. The van der Waals surface area contributed by atoms with Gasteiger partial charge in [0, 0.05) is 30.7 Å². The topological polar surface area (TPSA) is 3.24 Å². The van der Waals surface area contributed by atoms with Crippen LogP contribution >= 0.6 is 0 Å². The highest BCUT2D eigenvalue weighted by atomic mass is 15.1. The first-order valence-electron chi connectivity index (χ1n) is 24.1. The molecule has 294 valence electrons. The van der Waals surface area contributed by atoms with Gasteiger partial charge >= 0.3 is 0 Å². The van der Waals surface area contributed by atoms with Crippen LogP contribution < -0.4 is 4.90 Å². The number of hydrogen-bond acceptors (Lipinski definition) is 1. The van der Waals surface area contributed by atoms with E-state index < -0.39 is 24.5 Å². The van der Waals surface area contributed by atoms with E-state index in [1.807, 2.05) is 12.1 Å². The van der Waals surface area contributed by atoms with E-state index in [0.29, 0.717) is 0 Å². The van der Waals surface area contributed by atoms with E-state index in [2.05, 4.69) is 182 Å². The molecule has 0 heterocycles. The van der Waals surface area contributed by atoms with Crippen LogP contribution in [0, 0.1) is 0 Å². The summed E-state index contributed by atoms with van der Waals surface area (Å²) in [6.07, 6.45) is 0. The Hall–Kier alpha value is -5.66. The van der Waals surface area contributed by atoms with Crippen molar-refractivity contribution in [1.82, 2.24) is 0 Å². The van der Waals surface area contributed by atoms with Crippen molar-refractivity contribution in [3.8, 4) is 33.4 Å². The third-order valence-corrected chi connectivity index (χ3v) is 13.7. The predicted octanol–water partition coefficient (Wildman–Crippen LogP) is 15.7. The van der Waals surface area contributed by atoms with Crippen molar-refractivity contribution in [2.75, 3.05) is 4.90 Å². The number of anilines is 3. The molecule has 0 aromatic heterocycles. The molecule has 0 saturated heterocycles. The average Bonchev–Trinajstić information content (AvgIpc) is 3.80. The van der Waals surface area contributed by atoms with Crippen LogP contribution in [0.25, 0.3) is 33.4 Å². The van der Waals surface area contributed by atoms with Crippen LogP contribution in [0.5, 0.6) is 0 Å².